The fourth-order valence-electron chi connectivity index (χ4n) is 3.57. The average molecular weight is 453 g/mol. The normalized spacial score (nSPS) is 13.1. The summed E-state index contributed by atoms with van der Waals surface area (Å²) in [7, 11) is -3.42. The third-order valence-corrected chi connectivity index (χ3v) is 5.91. The second-order valence-corrected chi connectivity index (χ2v) is 10.0. The summed E-state index contributed by atoms with van der Waals surface area (Å²) in [5.74, 6) is 0. The van der Waals surface area contributed by atoms with Crippen molar-refractivity contribution < 1.29 is 17.3 Å². The van der Waals surface area contributed by atoms with E-state index in [0.29, 0.717) is 6.61 Å². The standard InChI is InChI=1S/C26H44O4S/c1-3-4-5-6-7-8-9-10-11-16-21-26(30-31(2,27)28)22-17-13-18-23-29-24-25-19-14-12-15-20-25/h10-12,14-15,19-20,26H,3-9,13,16-18,21-24H2,1-2H3/b11-10-/t26-/m0/s1. The fourth-order valence-corrected chi connectivity index (χ4v) is 4.25. The van der Waals surface area contributed by atoms with Crippen molar-refractivity contribution in [2.24, 2.45) is 0 Å². The van der Waals surface area contributed by atoms with Gasteiger partial charge in [-0.1, -0.05) is 94.4 Å². The molecule has 0 saturated heterocycles. The molecule has 0 aromatic heterocycles. The van der Waals surface area contributed by atoms with E-state index in [1.165, 1.54) is 44.1 Å². The molecule has 178 valence electrons. The van der Waals surface area contributed by atoms with Crippen molar-refractivity contribution in [2.45, 2.75) is 103 Å². The molecule has 1 rings (SSSR count). The first-order valence-electron chi connectivity index (χ1n) is 12.2. The van der Waals surface area contributed by atoms with Crippen molar-refractivity contribution in [2.75, 3.05) is 12.9 Å². The van der Waals surface area contributed by atoms with Crippen LogP contribution in [-0.2, 0) is 25.6 Å². The van der Waals surface area contributed by atoms with Crippen molar-refractivity contribution in [3.63, 3.8) is 0 Å². The lowest BCUT2D eigenvalue weighted by atomic mass is 10.1. The van der Waals surface area contributed by atoms with E-state index in [0.717, 1.165) is 57.8 Å². The number of rotatable bonds is 20. The Labute approximate surface area is 191 Å². The number of allylic oxidation sites excluding steroid dienone is 2. The Morgan fingerprint density at radius 3 is 2.26 bits per heavy atom. The van der Waals surface area contributed by atoms with Crippen molar-refractivity contribution in [3.8, 4) is 0 Å². The number of benzene rings is 1. The Morgan fingerprint density at radius 2 is 1.52 bits per heavy atom. The van der Waals surface area contributed by atoms with Gasteiger partial charge >= 0.3 is 0 Å². The van der Waals surface area contributed by atoms with Gasteiger partial charge in [-0.15, -0.1) is 0 Å². The third-order valence-electron chi connectivity index (χ3n) is 5.28. The molecule has 0 radical (unpaired) electrons. The van der Waals surface area contributed by atoms with Crippen molar-refractivity contribution in [3.05, 3.63) is 48.0 Å². The average Bonchev–Trinajstić information content (AvgIpc) is 2.74. The van der Waals surface area contributed by atoms with E-state index in [1.807, 2.05) is 18.2 Å². The highest BCUT2D eigenvalue weighted by Crippen LogP contribution is 2.16. The molecule has 0 heterocycles. The fraction of sp³-hybridized carbons (Fsp3) is 0.692. The molecule has 0 spiro atoms. The van der Waals surface area contributed by atoms with Gasteiger partial charge in [-0.2, -0.15) is 8.42 Å². The summed E-state index contributed by atoms with van der Waals surface area (Å²) in [6.45, 7) is 3.62. The van der Waals surface area contributed by atoms with Gasteiger partial charge < -0.3 is 4.74 Å². The largest absolute Gasteiger partial charge is 0.377 e. The van der Waals surface area contributed by atoms with Gasteiger partial charge in [0.25, 0.3) is 10.1 Å². The lowest BCUT2D eigenvalue weighted by Crippen LogP contribution is -2.17. The first kappa shape index (κ1) is 27.9. The third kappa shape index (κ3) is 18.1. The molecule has 0 aliphatic rings. The molecule has 5 heteroatoms. The first-order chi connectivity index (χ1) is 15.0. The van der Waals surface area contributed by atoms with Gasteiger partial charge in [0.05, 0.1) is 19.0 Å². The van der Waals surface area contributed by atoms with E-state index in [1.54, 1.807) is 0 Å². The van der Waals surface area contributed by atoms with Crippen LogP contribution >= 0.6 is 0 Å². The predicted octanol–water partition coefficient (Wildman–Crippen LogP) is 7.20. The van der Waals surface area contributed by atoms with Crippen LogP contribution in [0.5, 0.6) is 0 Å². The second kappa shape index (κ2) is 18.4. The summed E-state index contributed by atoms with van der Waals surface area (Å²) >= 11 is 0. The maximum absolute atomic E-state index is 11.6. The van der Waals surface area contributed by atoms with Crippen LogP contribution in [-0.4, -0.2) is 27.4 Å². The Hall–Kier alpha value is -1.17. The van der Waals surface area contributed by atoms with Gasteiger partial charge in [0, 0.05) is 6.61 Å². The molecule has 0 aliphatic carbocycles. The summed E-state index contributed by atoms with van der Waals surface area (Å²) in [6.07, 6.45) is 19.7. The minimum atomic E-state index is -3.42. The smallest absolute Gasteiger partial charge is 0.264 e. The SMILES string of the molecule is CCCCCCCC/C=C\CC[C@@H](CCCCCOCc1ccccc1)OS(C)(=O)=O. The molecular weight excluding hydrogens is 408 g/mol. The topological polar surface area (TPSA) is 52.6 Å². The van der Waals surface area contributed by atoms with E-state index in [-0.39, 0.29) is 6.10 Å². The van der Waals surface area contributed by atoms with Crippen molar-refractivity contribution in [1.29, 1.82) is 0 Å². The molecule has 0 aliphatic heterocycles. The Kier molecular flexibility index (Phi) is 16.5. The summed E-state index contributed by atoms with van der Waals surface area (Å²) in [6, 6.07) is 10.2. The molecule has 0 saturated carbocycles. The minimum Gasteiger partial charge on any atom is -0.377 e. The van der Waals surface area contributed by atoms with E-state index in [2.05, 4.69) is 31.2 Å². The molecule has 1 aromatic rings. The highest BCUT2D eigenvalue weighted by atomic mass is 32.2. The van der Waals surface area contributed by atoms with Gasteiger partial charge in [0.15, 0.2) is 0 Å². The van der Waals surface area contributed by atoms with Gasteiger partial charge in [-0.3, -0.25) is 4.18 Å². The van der Waals surface area contributed by atoms with E-state index in [4.69, 9.17) is 8.92 Å². The zero-order valence-electron chi connectivity index (χ0n) is 19.8. The van der Waals surface area contributed by atoms with E-state index >= 15 is 0 Å². The summed E-state index contributed by atoms with van der Waals surface area (Å²) < 4.78 is 34.2. The first-order valence-corrected chi connectivity index (χ1v) is 14.0. The van der Waals surface area contributed by atoms with Gasteiger partial charge in [0.2, 0.25) is 0 Å². The molecule has 0 fully saturated rings. The Balaban J connectivity index is 2.12. The molecule has 1 atom stereocenters. The molecular formula is C26H44O4S. The quantitative estimate of drug-likeness (QED) is 0.119. The molecule has 31 heavy (non-hydrogen) atoms. The van der Waals surface area contributed by atoms with Crippen molar-refractivity contribution in [1.82, 2.24) is 0 Å². The minimum absolute atomic E-state index is 0.223. The maximum atomic E-state index is 11.6. The summed E-state index contributed by atoms with van der Waals surface area (Å²) in [5.41, 5.74) is 1.19. The number of unbranched alkanes of at least 4 members (excludes halogenated alkanes) is 8. The lowest BCUT2D eigenvalue weighted by molar-refractivity contribution is 0.115. The highest BCUT2D eigenvalue weighted by molar-refractivity contribution is 7.86. The van der Waals surface area contributed by atoms with E-state index in [9.17, 15) is 8.42 Å². The summed E-state index contributed by atoms with van der Waals surface area (Å²) in [4.78, 5) is 0. The monoisotopic (exact) mass is 452 g/mol. The van der Waals surface area contributed by atoms with Crippen LogP contribution in [0.4, 0.5) is 0 Å². The molecule has 0 amide bonds. The second-order valence-electron chi connectivity index (χ2n) is 8.42. The van der Waals surface area contributed by atoms with Crippen LogP contribution in [0, 0.1) is 0 Å². The van der Waals surface area contributed by atoms with Gasteiger partial charge in [-0.25, -0.2) is 0 Å². The van der Waals surface area contributed by atoms with Crippen LogP contribution in [0.3, 0.4) is 0 Å². The molecule has 1 aromatic carbocycles. The molecule has 0 N–H and O–H groups in total. The van der Waals surface area contributed by atoms with Gasteiger partial charge in [0.1, 0.15) is 0 Å². The van der Waals surface area contributed by atoms with Crippen LogP contribution in [0.15, 0.2) is 42.5 Å². The van der Waals surface area contributed by atoms with Crippen molar-refractivity contribution >= 4 is 10.1 Å². The van der Waals surface area contributed by atoms with Crippen LogP contribution < -0.4 is 0 Å². The molecule has 4 nitrogen and oxygen atoms in total. The zero-order valence-corrected chi connectivity index (χ0v) is 20.6. The molecule has 0 unspecified atom stereocenters. The van der Waals surface area contributed by atoms with Gasteiger partial charge in [-0.05, 0) is 44.1 Å². The summed E-state index contributed by atoms with van der Waals surface area (Å²) in [5, 5.41) is 0. The number of hydrogen-bond donors (Lipinski definition) is 0. The highest BCUT2D eigenvalue weighted by Gasteiger charge is 2.14. The predicted molar refractivity (Wildman–Crippen MR) is 131 cm³/mol. The van der Waals surface area contributed by atoms with Crippen LogP contribution in [0.2, 0.25) is 0 Å². The van der Waals surface area contributed by atoms with E-state index < -0.39 is 10.1 Å². The maximum Gasteiger partial charge on any atom is 0.264 e. The van der Waals surface area contributed by atoms with Crippen LogP contribution in [0.1, 0.15) is 96.0 Å². The number of ether oxygens (including phenoxy) is 1. The van der Waals surface area contributed by atoms with Crippen LogP contribution in [0.25, 0.3) is 0 Å². The Bertz CT molecular complexity index is 655. The lowest BCUT2D eigenvalue weighted by Gasteiger charge is -2.15. The number of hydrogen-bond acceptors (Lipinski definition) is 4. The zero-order chi connectivity index (χ0) is 22.6. The molecule has 0 bridgehead atoms. The Morgan fingerprint density at radius 1 is 0.839 bits per heavy atom.